The average Bonchev–Trinajstić information content (AvgIpc) is 2.87. The Hall–Kier alpha value is -0.870. The first-order valence-electron chi connectivity index (χ1n) is 7.08. The van der Waals surface area contributed by atoms with Crippen LogP contribution in [0, 0.1) is 0 Å². The number of hydrogen-bond donors (Lipinski definition) is 1. The maximum absolute atomic E-state index is 12.1. The molecule has 0 radical (unpaired) electrons. The Bertz CT molecular complexity index is 488. The summed E-state index contributed by atoms with van der Waals surface area (Å²) >= 11 is 3.56. The Kier molecular flexibility index (Phi) is 4.86. The number of halogens is 1. The summed E-state index contributed by atoms with van der Waals surface area (Å²) in [7, 11) is 0. The van der Waals surface area contributed by atoms with Gasteiger partial charge in [-0.2, -0.15) is 0 Å². The van der Waals surface area contributed by atoms with E-state index in [9.17, 15) is 4.79 Å². The van der Waals surface area contributed by atoms with Crippen molar-refractivity contribution < 1.29 is 9.53 Å². The lowest BCUT2D eigenvalue weighted by atomic mass is 9.86. The predicted molar refractivity (Wildman–Crippen MR) is 84.1 cm³/mol. The molecule has 1 heterocycles. The number of ether oxygens (including phenoxy) is 1. The number of carbonyl (C=O) groups is 1. The minimum atomic E-state index is -0.0401. The van der Waals surface area contributed by atoms with Crippen LogP contribution in [0.5, 0.6) is 0 Å². The summed E-state index contributed by atoms with van der Waals surface area (Å²) < 4.78 is 6.48. The van der Waals surface area contributed by atoms with Crippen LogP contribution < -0.4 is 5.32 Å². The molecular weight excluding hydrogens is 318 g/mol. The Morgan fingerprint density at radius 1 is 1.45 bits per heavy atom. The highest BCUT2D eigenvalue weighted by atomic mass is 79.9. The summed E-state index contributed by atoms with van der Waals surface area (Å²) in [6, 6.07) is 5.80. The van der Waals surface area contributed by atoms with Gasteiger partial charge < -0.3 is 10.1 Å². The van der Waals surface area contributed by atoms with E-state index in [2.05, 4.69) is 42.0 Å². The highest BCUT2D eigenvalue weighted by Crippen LogP contribution is 2.30. The third-order valence-corrected chi connectivity index (χ3v) is 4.21. The smallest absolute Gasteiger partial charge is 0.251 e. The maximum Gasteiger partial charge on any atom is 0.251 e. The van der Waals surface area contributed by atoms with E-state index in [1.54, 1.807) is 0 Å². The van der Waals surface area contributed by atoms with Crippen LogP contribution in [0.1, 0.15) is 49.5 Å². The zero-order valence-corrected chi connectivity index (χ0v) is 13.9. The molecule has 1 aliphatic rings. The van der Waals surface area contributed by atoms with Gasteiger partial charge in [-0.05, 0) is 36.0 Å². The van der Waals surface area contributed by atoms with Crippen LogP contribution in [0.15, 0.2) is 22.7 Å². The SMILES string of the molecule is CC(C)(C)c1ccc(C(=O)NCC2CCCO2)cc1Br. The normalized spacial score (nSPS) is 19.1. The summed E-state index contributed by atoms with van der Waals surface area (Å²) in [4.78, 5) is 12.1. The van der Waals surface area contributed by atoms with E-state index in [0.29, 0.717) is 12.1 Å². The molecule has 1 aliphatic heterocycles. The second kappa shape index (κ2) is 6.27. The predicted octanol–water partition coefficient (Wildman–Crippen LogP) is 3.66. The molecule has 3 nitrogen and oxygen atoms in total. The van der Waals surface area contributed by atoms with Crippen LogP contribution in [-0.2, 0) is 10.2 Å². The first kappa shape index (κ1) is 15.5. The third-order valence-electron chi connectivity index (χ3n) is 3.55. The molecule has 1 amide bonds. The minimum absolute atomic E-state index is 0.0401. The Labute approximate surface area is 129 Å². The van der Waals surface area contributed by atoms with Gasteiger partial charge in [0.2, 0.25) is 0 Å². The van der Waals surface area contributed by atoms with Gasteiger partial charge in [-0.3, -0.25) is 4.79 Å². The molecule has 1 unspecified atom stereocenters. The summed E-state index contributed by atoms with van der Waals surface area (Å²) in [5.41, 5.74) is 1.95. The van der Waals surface area contributed by atoms with E-state index in [1.165, 1.54) is 5.56 Å². The van der Waals surface area contributed by atoms with Gasteiger partial charge in [0.05, 0.1) is 6.10 Å². The van der Waals surface area contributed by atoms with Crippen LogP contribution in [0.4, 0.5) is 0 Å². The highest BCUT2D eigenvalue weighted by Gasteiger charge is 2.19. The monoisotopic (exact) mass is 339 g/mol. The Balaban J connectivity index is 2.01. The molecule has 1 saturated heterocycles. The fourth-order valence-corrected chi connectivity index (χ4v) is 3.35. The lowest BCUT2D eigenvalue weighted by Gasteiger charge is -2.21. The summed E-state index contributed by atoms with van der Waals surface area (Å²) in [6.45, 7) is 7.88. The molecule has 1 atom stereocenters. The number of hydrogen-bond acceptors (Lipinski definition) is 2. The van der Waals surface area contributed by atoms with E-state index in [4.69, 9.17) is 4.74 Å². The van der Waals surface area contributed by atoms with Gasteiger partial charge in [0.15, 0.2) is 0 Å². The molecule has 0 aliphatic carbocycles. The third kappa shape index (κ3) is 3.83. The van der Waals surface area contributed by atoms with Crippen molar-refractivity contribution in [3.63, 3.8) is 0 Å². The van der Waals surface area contributed by atoms with Crippen molar-refractivity contribution in [2.45, 2.75) is 45.1 Å². The Morgan fingerprint density at radius 3 is 2.75 bits per heavy atom. The number of nitrogens with one attached hydrogen (secondary N) is 1. The standard InChI is InChI=1S/C16H22BrNO2/c1-16(2,3)13-7-6-11(9-14(13)17)15(19)18-10-12-5-4-8-20-12/h6-7,9,12H,4-5,8,10H2,1-3H3,(H,18,19). The van der Waals surface area contributed by atoms with E-state index in [-0.39, 0.29) is 17.4 Å². The molecule has 0 saturated carbocycles. The number of amides is 1. The fraction of sp³-hybridized carbons (Fsp3) is 0.562. The van der Waals surface area contributed by atoms with Crippen molar-refractivity contribution in [3.8, 4) is 0 Å². The molecule has 0 aromatic heterocycles. The van der Waals surface area contributed by atoms with Crippen molar-refractivity contribution >= 4 is 21.8 Å². The number of benzene rings is 1. The van der Waals surface area contributed by atoms with E-state index in [1.807, 2.05) is 18.2 Å². The van der Waals surface area contributed by atoms with Gasteiger partial charge in [-0.15, -0.1) is 0 Å². The van der Waals surface area contributed by atoms with Crippen molar-refractivity contribution in [2.75, 3.05) is 13.2 Å². The summed E-state index contributed by atoms with van der Waals surface area (Å²) in [6.07, 6.45) is 2.30. The van der Waals surface area contributed by atoms with E-state index in [0.717, 1.165) is 23.9 Å². The van der Waals surface area contributed by atoms with Gasteiger partial charge in [0, 0.05) is 23.2 Å². The van der Waals surface area contributed by atoms with Crippen LogP contribution in [0.25, 0.3) is 0 Å². The van der Waals surface area contributed by atoms with Crippen LogP contribution >= 0.6 is 15.9 Å². The quantitative estimate of drug-likeness (QED) is 0.912. The van der Waals surface area contributed by atoms with Crippen LogP contribution in [0.3, 0.4) is 0 Å². The lowest BCUT2D eigenvalue weighted by Crippen LogP contribution is -2.31. The second-order valence-corrected chi connectivity index (χ2v) is 7.14. The molecule has 1 aromatic rings. The van der Waals surface area contributed by atoms with Crippen molar-refractivity contribution in [1.29, 1.82) is 0 Å². The number of rotatable bonds is 3. The first-order chi connectivity index (χ1) is 9.38. The second-order valence-electron chi connectivity index (χ2n) is 6.29. The first-order valence-corrected chi connectivity index (χ1v) is 7.87. The molecule has 1 N–H and O–H groups in total. The van der Waals surface area contributed by atoms with Crippen molar-refractivity contribution in [1.82, 2.24) is 5.32 Å². The van der Waals surface area contributed by atoms with Gasteiger partial charge in [0.1, 0.15) is 0 Å². The van der Waals surface area contributed by atoms with E-state index >= 15 is 0 Å². The molecule has 20 heavy (non-hydrogen) atoms. The van der Waals surface area contributed by atoms with Crippen molar-refractivity contribution in [3.05, 3.63) is 33.8 Å². The summed E-state index contributed by atoms with van der Waals surface area (Å²) in [5, 5.41) is 2.94. The maximum atomic E-state index is 12.1. The topological polar surface area (TPSA) is 38.3 Å². The lowest BCUT2D eigenvalue weighted by molar-refractivity contribution is 0.0857. The van der Waals surface area contributed by atoms with Gasteiger partial charge >= 0.3 is 0 Å². The van der Waals surface area contributed by atoms with Gasteiger partial charge in [-0.25, -0.2) is 0 Å². The average molecular weight is 340 g/mol. The molecule has 1 aromatic carbocycles. The molecule has 1 fully saturated rings. The zero-order chi connectivity index (χ0) is 14.8. The highest BCUT2D eigenvalue weighted by molar-refractivity contribution is 9.10. The zero-order valence-electron chi connectivity index (χ0n) is 12.3. The van der Waals surface area contributed by atoms with Gasteiger partial charge in [0.25, 0.3) is 5.91 Å². The largest absolute Gasteiger partial charge is 0.376 e. The molecular formula is C16H22BrNO2. The number of carbonyl (C=O) groups excluding carboxylic acids is 1. The minimum Gasteiger partial charge on any atom is -0.376 e. The molecule has 4 heteroatoms. The van der Waals surface area contributed by atoms with Crippen molar-refractivity contribution in [2.24, 2.45) is 0 Å². The fourth-order valence-electron chi connectivity index (χ4n) is 2.38. The van der Waals surface area contributed by atoms with Crippen LogP contribution in [-0.4, -0.2) is 25.2 Å². The van der Waals surface area contributed by atoms with Gasteiger partial charge in [-0.1, -0.05) is 42.8 Å². The molecule has 0 bridgehead atoms. The Morgan fingerprint density at radius 2 is 2.20 bits per heavy atom. The molecule has 0 spiro atoms. The molecule has 2 rings (SSSR count). The summed E-state index contributed by atoms with van der Waals surface area (Å²) in [5.74, 6) is -0.0401. The van der Waals surface area contributed by atoms with E-state index < -0.39 is 0 Å². The molecule has 110 valence electrons. The van der Waals surface area contributed by atoms with Crippen LogP contribution in [0.2, 0.25) is 0 Å².